The molecule has 2 heterocycles. The van der Waals surface area contributed by atoms with Crippen LogP contribution in [0.2, 0.25) is 0 Å². The van der Waals surface area contributed by atoms with Gasteiger partial charge in [-0.25, -0.2) is 0 Å². The summed E-state index contributed by atoms with van der Waals surface area (Å²) in [5.41, 5.74) is 2.24. The molecule has 5 heteroatoms. The lowest BCUT2D eigenvalue weighted by Gasteiger charge is -2.49. The van der Waals surface area contributed by atoms with Gasteiger partial charge in [-0.05, 0) is 74.2 Å². The summed E-state index contributed by atoms with van der Waals surface area (Å²) in [4.78, 5) is 13.0. The van der Waals surface area contributed by atoms with Crippen LogP contribution in [0.3, 0.4) is 0 Å². The van der Waals surface area contributed by atoms with Gasteiger partial charge in [-0.15, -0.1) is 0 Å². The molecule has 0 aromatic heterocycles. The van der Waals surface area contributed by atoms with Crippen molar-refractivity contribution in [3.05, 3.63) is 23.8 Å². The van der Waals surface area contributed by atoms with Crippen molar-refractivity contribution < 1.29 is 24.1 Å². The summed E-state index contributed by atoms with van der Waals surface area (Å²) in [5, 5.41) is 10.9. The highest BCUT2D eigenvalue weighted by Crippen LogP contribution is 2.70. The van der Waals surface area contributed by atoms with Crippen LogP contribution in [0, 0.1) is 46.3 Å². The fraction of sp³-hybridized carbons (Fsp3) is 0.839. The Balaban J connectivity index is 1.19. The van der Waals surface area contributed by atoms with E-state index in [4.69, 9.17) is 14.2 Å². The van der Waals surface area contributed by atoms with E-state index in [9.17, 15) is 9.90 Å². The molecule has 11 atom stereocenters. The average molecular weight is 501 g/mol. The zero-order chi connectivity index (χ0) is 25.8. The van der Waals surface area contributed by atoms with Crippen molar-refractivity contribution in [3.63, 3.8) is 0 Å². The number of unbranched alkanes of at least 4 members (excludes halogenated alkanes) is 1. The van der Waals surface area contributed by atoms with Crippen molar-refractivity contribution >= 4 is 6.29 Å². The monoisotopic (exact) mass is 500 g/mol. The molecule has 2 saturated carbocycles. The van der Waals surface area contributed by atoms with Crippen LogP contribution in [-0.2, 0) is 19.0 Å². The van der Waals surface area contributed by atoms with Gasteiger partial charge in [0, 0.05) is 29.8 Å². The summed E-state index contributed by atoms with van der Waals surface area (Å²) in [6.07, 6.45) is 10.1. The second-order valence-corrected chi connectivity index (χ2v) is 13.3. The molecule has 3 aliphatic carbocycles. The minimum absolute atomic E-state index is 0.0296. The normalized spacial score (nSPS) is 48.0. The van der Waals surface area contributed by atoms with Crippen molar-refractivity contribution in [2.24, 2.45) is 46.3 Å². The van der Waals surface area contributed by atoms with Crippen LogP contribution in [0.5, 0.6) is 0 Å². The molecule has 2 saturated heterocycles. The van der Waals surface area contributed by atoms with Gasteiger partial charge in [0.2, 0.25) is 0 Å². The maximum atomic E-state index is 13.0. The first-order valence-electron chi connectivity index (χ1n) is 14.5. The smallest absolute Gasteiger partial charge is 0.158 e. The molecular weight excluding hydrogens is 452 g/mol. The standard InChI is InChI=1S/C31H48O5/c1-18(2)25-11-22-14-30(25,6)31(15-22,17-32)26-13-27(33)20(4)23(26)9-7-8-10-34-28-12-24-19(3)16-35-29(24)21(5)36-28/h11,17-18,20-24,26-29,33H,3,7-10,12-16H2,1-2,4-6H3/t20?,21?,22?,23?,24?,26?,27?,28?,29?,30-,31+/m1/s1. The summed E-state index contributed by atoms with van der Waals surface area (Å²) in [7, 11) is 0. The van der Waals surface area contributed by atoms with Crippen molar-refractivity contribution in [3.8, 4) is 0 Å². The maximum Gasteiger partial charge on any atom is 0.158 e. The van der Waals surface area contributed by atoms with Gasteiger partial charge in [-0.2, -0.15) is 0 Å². The highest BCUT2D eigenvalue weighted by atomic mass is 16.7. The van der Waals surface area contributed by atoms with Crippen LogP contribution >= 0.6 is 0 Å². The highest BCUT2D eigenvalue weighted by Gasteiger charge is 2.66. The predicted molar refractivity (Wildman–Crippen MR) is 140 cm³/mol. The van der Waals surface area contributed by atoms with Crippen molar-refractivity contribution in [1.82, 2.24) is 0 Å². The van der Waals surface area contributed by atoms with E-state index in [0.29, 0.717) is 36.9 Å². The number of carbonyl (C=O) groups excluding carboxylic acids is 1. The van der Waals surface area contributed by atoms with E-state index in [-0.39, 0.29) is 47.3 Å². The van der Waals surface area contributed by atoms with Gasteiger partial charge < -0.3 is 24.1 Å². The second kappa shape index (κ2) is 9.94. The minimum Gasteiger partial charge on any atom is -0.393 e. The molecule has 0 aromatic rings. The number of hydrogen-bond donors (Lipinski definition) is 1. The molecule has 0 amide bonds. The van der Waals surface area contributed by atoms with Gasteiger partial charge >= 0.3 is 0 Å². The van der Waals surface area contributed by atoms with Gasteiger partial charge in [0.15, 0.2) is 6.29 Å². The molecule has 1 N–H and O–H groups in total. The quantitative estimate of drug-likeness (QED) is 0.250. The van der Waals surface area contributed by atoms with E-state index in [1.165, 1.54) is 11.9 Å². The fourth-order valence-electron chi connectivity index (χ4n) is 9.21. The van der Waals surface area contributed by atoms with E-state index < -0.39 is 0 Å². The van der Waals surface area contributed by atoms with E-state index in [1.807, 2.05) is 0 Å². The molecule has 2 bridgehead atoms. The summed E-state index contributed by atoms with van der Waals surface area (Å²) < 4.78 is 18.1. The van der Waals surface area contributed by atoms with Crippen LogP contribution < -0.4 is 0 Å². The van der Waals surface area contributed by atoms with Crippen LogP contribution in [-0.4, -0.2) is 49.2 Å². The molecule has 0 spiro atoms. The third kappa shape index (κ3) is 4.17. The largest absolute Gasteiger partial charge is 0.393 e. The van der Waals surface area contributed by atoms with Crippen LogP contribution in [0.15, 0.2) is 23.8 Å². The molecular formula is C31H48O5. The third-order valence-corrected chi connectivity index (χ3v) is 11.0. The molecule has 4 fully saturated rings. The Hall–Kier alpha value is -1.01. The van der Waals surface area contributed by atoms with E-state index in [2.05, 4.69) is 47.3 Å². The molecule has 2 aliphatic heterocycles. The first-order chi connectivity index (χ1) is 17.1. The molecule has 5 aliphatic rings. The topological polar surface area (TPSA) is 65.0 Å². The number of allylic oxidation sites excluding steroid dienone is 2. The van der Waals surface area contributed by atoms with Crippen molar-refractivity contribution in [2.75, 3.05) is 13.2 Å². The van der Waals surface area contributed by atoms with E-state index >= 15 is 0 Å². The lowest BCUT2D eigenvalue weighted by Crippen LogP contribution is -2.47. The second-order valence-electron chi connectivity index (χ2n) is 13.3. The van der Waals surface area contributed by atoms with Crippen LogP contribution in [0.25, 0.3) is 0 Å². The van der Waals surface area contributed by atoms with Gasteiger partial charge in [-0.1, -0.05) is 52.3 Å². The van der Waals surface area contributed by atoms with Crippen molar-refractivity contribution in [1.29, 1.82) is 0 Å². The Bertz CT molecular complexity index is 880. The maximum absolute atomic E-state index is 13.0. The zero-order valence-electron chi connectivity index (χ0n) is 23.1. The number of aliphatic hydroxyl groups is 1. The summed E-state index contributed by atoms with van der Waals surface area (Å²) in [6, 6.07) is 0. The molecule has 5 rings (SSSR count). The first-order valence-corrected chi connectivity index (χ1v) is 14.5. The number of carbonyl (C=O) groups is 1. The SMILES string of the molecule is C=C1COC2C(C)OC(OCCCCC3C(C)C(O)CC3[C@@]3(C=O)CC4C=C(C(C)C)[C@@]3(C)C4)CC12. The lowest BCUT2D eigenvalue weighted by molar-refractivity contribution is -0.226. The van der Waals surface area contributed by atoms with Crippen molar-refractivity contribution in [2.45, 2.75) is 104 Å². The fourth-order valence-corrected chi connectivity index (χ4v) is 9.21. The number of aliphatic hydroxyl groups excluding tert-OH is 1. The van der Waals surface area contributed by atoms with E-state index in [0.717, 1.165) is 50.5 Å². The Morgan fingerprint density at radius 2 is 2.03 bits per heavy atom. The zero-order valence-corrected chi connectivity index (χ0v) is 23.1. The van der Waals surface area contributed by atoms with Crippen LogP contribution in [0.1, 0.15) is 79.6 Å². The number of rotatable bonds is 9. The number of aldehydes is 1. The number of hydrogen-bond acceptors (Lipinski definition) is 5. The van der Waals surface area contributed by atoms with Gasteiger partial charge in [-0.3, -0.25) is 0 Å². The molecule has 9 unspecified atom stereocenters. The van der Waals surface area contributed by atoms with Crippen LogP contribution in [0.4, 0.5) is 0 Å². The number of ether oxygens (including phenoxy) is 3. The third-order valence-electron chi connectivity index (χ3n) is 11.0. The first kappa shape index (κ1) is 26.6. The van der Waals surface area contributed by atoms with Gasteiger partial charge in [0.25, 0.3) is 0 Å². The molecule has 0 aromatic carbocycles. The summed E-state index contributed by atoms with van der Waals surface area (Å²) >= 11 is 0. The predicted octanol–water partition coefficient (Wildman–Crippen LogP) is 5.71. The highest BCUT2D eigenvalue weighted by molar-refractivity contribution is 5.66. The summed E-state index contributed by atoms with van der Waals surface area (Å²) in [5.74, 6) is 2.18. The number of fused-ring (bicyclic) bond motifs is 3. The van der Waals surface area contributed by atoms with Gasteiger partial charge in [0.1, 0.15) is 6.29 Å². The molecule has 36 heavy (non-hydrogen) atoms. The Labute approximate surface area is 218 Å². The van der Waals surface area contributed by atoms with E-state index in [1.54, 1.807) is 0 Å². The average Bonchev–Trinajstić information content (AvgIpc) is 3.54. The molecule has 0 radical (unpaired) electrons. The molecule has 5 nitrogen and oxygen atoms in total. The Morgan fingerprint density at radius 1 is 1.25 bits per heavy atom. The minimum atomic E-state index is -0.340. The Kier molecular flexibility index (Phi) is 7.35. The summed E-state index contributed by atoms with van der Waals surface area (Å²) in [6.45, 7) is 16.6. The molecule has 202 valence electrons. The van der Waals surface area contributed by atoms with Gasteiger partial charge in [0.05, 0.1) is 24.9 Å². The Morgan fingerprint density at radius 3 is 2.72 bits per heavy atom. The lowest BCUT2D eigenvalue weighted by atomic mass is 9.53.